The zero-order chi connectivity index (χ0) is 13.2. The molecule has 0 bridgehead atoms. The van der Waals surface area contributed by atoms with E-state index in [4.69, 9.17) is 0 Å². The lowest BCUT2D eigenvalue weighted by Gasteiger charge is -2.32. The summed E-state index contributed by atoms with van der Waals surface area (Å²) in [5.41, 5.74) is 2.45. The van der Waals surface area contributed by atoms with Gasteiger partial charge in [0.2, 0.25) is 5.91 Å². The van der Waals surface area contributed by atoms with Crippen LogP contribution in [0.25, 0.3) is 0 Å². The molecule has 0 aromatic heterocycles. The van der Waals surface area contributed by atoms with E-state index >= 15 is 0 Å². The van der Waals surface area contributed by atoms with Crippen LogP contribution in [0, 0.1) is 0 Å². The predicted octanol–water partition coefficient (Wildman–Crippen LogP) is 1.64. The van der Waals surface area contributed by atoms with Crippen LogP contribution < -0.4 is 10.6 Å². The van der Waals surface area contributed by atoms with Crippen molar-refractivity contribution in [3.05, 3.63) is 29.3 Å². The van der Waals surface area contributed by atoms with E-state index in [9.17, 15) is 9.90 Å². The van der Waals surface area contributed by atoms with Gasteiger partial charge < -0.3 is 10.4 Å². The second-order valence-corrected chi connectivity index (χ2v) is 5.48. The summed E-state index contributed by atoms with van der Waals surface area (Å²) in [6.07, 6.45) is 5.12. The number of phenolic OH excluding ortho intramolecular Hbond substituents is 1. The number of aryl methyl sites for hydroxylation is 1. The highest BCUT2D eigenvalue weighted by Gasteiger charge is 2.27. The van der Waals surface area contributed by atoms with Gasteiger partial charge in [0, 0.05) is 12.6 Å². The van der Waals surface area contributed by atoms with Crippen molar-refractivity contribution in [1.29, 1.82) is 0 Å². The number of amides is 1. The molecular formula is C15H20N2O2. The maximum Gasteiger partial charge on any atom is 0.237 e. The van der Waals surface area contributed by atoms with Crippen molar-refractivity contribution in [2.45, 2.75) is 44.2 Å². The number of nitrogens with one attached hydrogen (secondary N) is 2. The summed E-state index contributed by atoms with van der Waals surface area (Å²) < 4.78 is 0. The molecule has 0 saturated carbocycles. The Kier molecular flexibility index (Phi) is 3.42. The highest BCUT2D eigenvalue weighted by Crippen LogP contribution is 2.32. The van der Waals surface area contributed by atoms with E-state index in [0.29, 0.717) is 5.75 Å². The monoisotopic (exact) mass is 260 g/mol. The average molecular weight is 260 g/mol. The van der Waals surface area contributed by atoms with Gasteiger partial charge in [0.05, 0.1) is 6.04 Å². The summed E-state index contributed by atoms with van der Waals surface area (Å²) in [7, 11) is 0. The molecule has 102 valence electrons. The fourth-order valence-electron chi connectivity index (χ4n) is 3.15. The van der Waals surface area contributed by atoms with Crippen LogP contribution in [0.15, 0.2) is 18.2 Å². The molecule has 0 spiro atoms. The van der Waals surface area contributed by atoms with Crippen molar-refractivity contribution in [3.8, 4) is 5.75 Å². The van der Waals surface area contributed by atoms with Crippen molar-refractivity contribution in [1.82, 2.24) is 10.6 Å². The predicted molar refractivity (Wildman–Crippen MR) is 73.0 cm³/mol. The molecule has 1 heterocycles. The van der Waals surface area contributed by atoms with Crippen molar-refractivity contribution in [3.63, 3.8) is 0 Å². The van der Waals surface area contributed by atoms with E-state index in [1.54, 1.807) is 6.07 Å². The molecule has 3 N–H and O–H groups in total. The van der Waals surface area contributed by atoms with Crippen LogP contribution in [0.3, 0.4) is 0 Å². The first-order valence-corrected chi connectivity index (χ1v) is 7.09. The highest BCUT2D eigenvalue weighted by atomic mass is 16.3. The third-order valence-corrected chi connectivity index (χ3v) is 4.13. The van der Waals surface area contributed by atoms with Crippen LogP contribution in [0.4, 0.5) is 0 Å². The minimum atomic E-state index is -0.0708. The van der Waals surface area contributed by atoms with Gasteiger partial charge in [-0.25, -0.2) is 0 Å². The molecule has 19 heavy (non-hydrogen) atoms. The van der Waals surface area contributed by atoms with Gasteiger partial charge in [0.25, 0.3) is 0 Å². The minimum absolute atomic E-state index is 0.0708. The number of rotatable bonds is 2. The van der Waals surface area contributed by atoms with E-state index in [-0.39, 0.29) is 18.0 Å². The second kappa shape index (κ2) is 5.21. The molecule has 3 rings (SSSR count). The molecular weight excluding hydrogens is 240 g/mol. The zero-order valence-electron chi connectivity index (χ0n) is 11.0. The van der Waals surface area contributed by atoms with Gasteiger partial charge in [-0.15, -0.1) is 0 Å². The Bertz CT molecular complexity index is 487. The SMILES string of the molecule is O=C1NCCCC1NC1CCCc2cc(O)ccc21. The molecule has 1 fully saturated rings. The van der Waals surface area contributed by atoms with E-state index in [0.717, 1.165) is 38.6 Å². The number of fused-ring (bicyclic) bond motifs is 1. The molecule has 2 atom stereocenters. The average Bonchev–Trinajstić information content (AvgIpc) is 2.41. The van der Waals surface area contributed by atoms with Gasteiger partial charge in [-0.1, -0.05) is 6.07 Å². The molecule has 1 aromatic carbocycles. The summed E-state index contributed by atoms with van der Waals surface area (Å²) >= 11 is 0. The van der Waals surface area contributed by atoms with Crippen molar-refractivity contribution in [2.75, 3.05) is 6.54 Å². The molecule has 1 aromatic rings. The van der Waals surface area contributed by atoms with Crippen LogP contribution in [0.1, 0.15) is 42.9 Å². The summed E-state index contributed by atoms with van der Waals surface area (Å²) in [5, 5.41) is 16.0. The first kappa shape index (κ1) is 12.5. The van der Waals surface area contributed by atoms with E-state index in [1.807, 2.05) is 12.1 Å². The summed E-state index contributed by atoms with van der Waals surface area (Å²) in [6.45, 7) is 0.798. The second-order valence-electron chi connectivity index (χ2n) is 5.48. The Morgan fingerprint density at radius 1 is 1.21 bits per heavy atom. The molecule has 4 nitrogen and oxygen atoms in total. The third-order valence-electron chi connectivity index (χ3n) is 4.13. The van der Waals surface area contributed by atoms with Crippen LogP contribution in [0.2, 0.25) is 0 Å². The van der Waals surface area contributed by atoms with E-state index in [1.165, 1.54) is 11.1 Å². The number of carbonyl (C=O) groups is 1. The minimum Gasteiger partial charge on any atom is -0.508 e. The zero-order valence-corrected chi connectivity index (χ0v) is 11.0. The number of benzene rings is 1. The topological polar surface area (TPSA) is 61.4 Å². The number of carbonyl (C=O) groups excluding carboxylic acids is 1. The molecule has 1 saturated heterocycles. The Labute approximate surface area is 113 Å². The molecule has 1 amide bonds. The summed E-state index contributed by atoms with van der Waals surface area (Å²) in [4.78, 5) is 11.8. The van der Waals surface area contributed by atoms with Crippen LogP contribution in [0.5, 0.6) is 5.75 Å². The Hall–Kier alpha value is -1.55. The third kappa shape index (κ3) is 2.59. The largest absolute Gasteiger partial charge is 0.508 e. The van der Waals surface area contributed by atoms with Gasteiger partial charge in [0.15, 0.2) is 0 Å². The van der Waals surface area contributed by atoms with Gasteiger partial charge >= 0.3 is 0 Å². The lowest BCUT2D eigenvalue weighted by molar-refractivity contribution is -0.124. The number of hydrogen-bond acceptors (Lipinski definition) is 3. The van der Waals surface area contributed by atoms with Crippen molar-refractivity contribution < 1.29 is 9.90 Å². The molecule has 1 aliphatic carbocycles. The maximum atomic E-state index is 11.8. The number of aromatic hydroxyl groups is 1. The Morgan fingerprint density at radius 3 is 2.89 bits per heavy atom. The van der Waals surface area contributed by atoms with Gasteiger partial charge in [0.1, 0.15) is 5.75 Å². The lowest BCUT2D eigenvalue weighted by atomic mass is 9.86. The van der Waals surface area contributed by atoms with E-state index < -0.39 is 0 Å². The first-order chi connectivity index (χ1) is 9.24. The van der Waals surface area contributed by atoms with Crippen molar-refractivity contribution >= 4 is 5.91 Å². The fourth-order valence-corrected chi connectivity index (χ4v) is 3.15. The van der Waals surface area contributed by atoms with E-state index in [2.05, 4.69) is 10.6 Å². The Morgan fingerprint density at radius 2 is 2.05 bits per heavy atom. The number of phenols is 1. The number of piperidine rings is 1. The van der Waals surface area contributed by atoms with Crippen LogP contribution >= 0.6 is 0 Å². The van der Waals surface area contributed by atoms with Gasteiger partial charge in [-0.2, -0.15) is 0 Å². The standard InChI is InChI=1S/C15H20N2O2/c18-11-6-7-12-10(9-11)3-1-4-13(12)17-14-5-2-8-16-15(14)19/h6-7,9,13-14,17-18H,1-5,8H2,(H,16,19). The molecule has 2 unspecified atom stereocenters. The lowest BCUT2D eigenvalue weighted by Crippen LogP contribution is -2.49. The van der Waals surface area contributed by atoms with Crippen molar-refractivity contribution in [2.24, 2.45) is 0 Å². The number of hydrogen-bond donors (Lipinski definition) is 3. The van der Waals surface area contributed by atoms with Gasteiger partial charge in [-0.05, 0) is 55.4 Å². The smallest absolute Gasteiger partial charge is 0.237 e. The normalized spacial score (nSPS) is 26.6. The molecule has 4 heteroatoms. The summed E-state index contributed by atoms with van der Waals surface area (Å²) in [5.74, 6) is 0.451. The first-order valence-electron chi connectivity index (χ1n) is 7.09. The van der Waals surface area contributed by atoms with Crippen LogP contribution in [-0.2, 0) is 11.2 Å². The fraction of sp³-hybridized carbons (Fsp3) is 0.533. The van der Waals surface area contributed by atoms with Crippen LogP contribution in [-0.4, -0.2) is 23.6 Å². The molecule has 2 aliphatic rings. The molecule has 1 aliphatic heterocycles. The highest BCUT2D eigenvalue weighted by molar-refractivity contribution is 5.82. The van der Waals surface area contributed by atoms with Gasteiger partial charge in [-0.3, -0.25) is 10.1 Å². The maximum absolute atomic E-state index is 11.8. The Balaban J connectivity index is 1.78. The summed E-state index contributed by atoms with van der Waals surface area (Å²) in [6, 6.07) is 5.74. The quantitative estimate of drug-likeness (QED) is 0.757. The molecule has 0 radical (unpaired) electrons.